The minimum Gasteiger partial charge on any atom is -0.317 e. The summed E-state index contributed by atoms with van der Waals surface area (Å²) in [5.74, 6) is 0. The van der Waals surface area contributed by atoms with Gasteiger partial charge in [0.25, 0.3) is 6.43 Å². The second-order valence-corrected chi connectivity index (χ2v) is 2.86. The van der Waals surface area contributed by atoms with Crippen molar-refractivity contribution in [3.63, 3.8) is 0 Å². The van der Waals surface area contributed by atoms with Crippen LogP contribution in [-0.4, -0.2) is 44.6 Å². The molecule has 74 valence electrons. The fraction of sp³-hybridized carbons (Fsp3) is 1.00. The summed E-state index contributed by atoms with van der Waals surface area (Å²) >= 11 is 0. The Morgan fingerprint density at radius 3 is 2.58 bits per heavy atom. The first-order valence-electron chi connectivity index (χ1n) is 4.34. The van der Waals surface area contributed by atoms with E-state index in [1.807, 2.05) is 6.92 Å². The Bertz CT molecular complexity index is 99.1. The molecule has 0 aliphatic rings. The molecule has 0 amide bonds. The quantitative estimate of drug-likeness (QED) is 0.592. The number of nitrogens with zero attached hydrogens (tertiary/aromatic N) is 1. The summed E-state index contributed by atoms with van der Waals surface area (Å²) in [6.07, 6.45) is -1.29. The van der Waals surface area contributed by atoms with Gasteiger partial charge in [0.1, 0.15) is 0 Å². The van der Waals surface area contributed by atoms with Crippen molar-refractivity contribution in [1.82, 2.24) is 10.2 Å². The Balaban J connectivity index is 3.14. The summed E-state index contributed by atoms with van der Waals surface area (Å²) in [6, 6.07) is 0. The molecule has 0 unspecified atom stereocenters. The summed E-state index contributed by atoms with van der Waals surface area (Å²) in [5.41, 5.74) is 0. The zero-order chi connectivity index (χ0) is 9.40. The number of hydrogen-bond donors (Lipinski definition) is 1. The van der Waals surface area contributed by atoms with Crippen LogP contribution >= 0.6 is 0 Å². The normalized spacial score (nSPS) is 11.5. The molecule has 0 aliphatic heterocycles. The molecule has 12 heavy (non-hydrogen) atoms. The fourth-order valence-electron chi connectivity index (χ4n) is 0.978. The van der Waals surface area contributed by atoms with Crippen molar-refractivity contribution in [3.8, 4) is 0 Å². The van der Waals surface area contributed by atoms with Crippen LogP contribution in [0.3, 0.4) is 0 Å². The molecule has 4 heteroatoms. The zero-order valence-electron chi connectivity index (χ0n) is 7.82. The largest absolute Gasteiger partial charge is 0.317 e. The molecule has 0 spiro atoms. The second kappa shape index (κ2) is 7.43. The molecule has 2 nitrogen and oxygen atoms in total. The van der Waals surface area contributed by atoms with Gasteiger partial charge in [-0.15, -0.1) is 0 Å². The van der Waals surface area contributed by atoms with E-state index in [1.165, 1.54) is 0 Å². The van der Waals surface area contributed by atoms with Crippen molar-refractivity contribution in [2.45, 2.75) is 19.8 Å². The average Bonchev–Trinajstić information content (AvgIpc) is 1.97. The number of nitrogens with one attached hydrogen (secondary N) is 1. The third-order valence-corrected chi connectivity index (χ3v) is 1.59. The Morgan fingerprint density at radius 2 is 2.08 bits per heavy atom. The predicted molar refractivity (Wildman–Crippen MR) is 46.7 cm³/mol. The van der Waals surface area contributed by atoms with Crippen molar-refractivity contribution in [2.24, 2.45) is 0 Å². The number of hydrogen-bond acceptors (Lipinski definition) is 2. The fourth-order valence-corrected chi connectivity index (χ4v) is 0.978. The van der Waals surface area contributed by atoms with Crippen LogP contribution in [0, 0.1) is 0 Å². The van der Waals surface area contributed by atoms with Gasteiger partial charge in [0.2, 0.25) is 0 Å². The van der Waals surface area contributed by atoms with Gasteiger partial charge in [-0.05, 0) is 33.1 Å². The lowest BCUT2D eigenvalue weighted by Gasteiger charge is -2.15. The lowest BCUT2D eigenvalue weighted by molar-refractivity contribution is 0.0999. The van der Waals surface area contributed by atoms with E-state index < -0.39 is 6.43 Å². The van der Waals surface area contributed by atoms with Crippen LogP contribution in [0.2, 0.25) is 0 Å². The van der Waals surface area contributed by atoms with Crippen LogP contribution in [0.25, 0.3) is 0 Å². The van der Waals surface area contributed by atoms with E-state index in [0.717, 1.165) is 26.1 Å². The van der Waals surface area contributed by atoms with Gasteiger partial charge >= 0.3 is 0 Å². The monoisotopic (exact) mass is 180 g/mol. The van der Waals surface area contributed by atoms with E-state index in [2.05, 4.69) is 5.32 Å². The van der Waals surface area contributed by atoms with Gasteiger partial charge in [-0.25, -0.2) is 8.78 Å². The smallest absolute Gasteiger partial charge is 0.251 e. The zero-order valence-corrected chi connectivity index (χ0v) is 7.82. The van der Waals surface area contributed by atoms with Gasteiger partial charge in [-0.3, -0.25) is 0 Å². The van der Waals surface area contributed by atoms with Crippen molar-refractivity contribution in [2.75, 3.05) is 33.2 Å². The van der Waals surface area contributed by atoms with E-state index in [9.17, 15) is 8.78 Å². The molecule has 0 aromatic heterocycles. The van der Waals surface area contributed by atoms with Crippen LogP contribution in [-0.2, 0) is 0 Å². The van der Waals surface area contributed by atoms with Crippen LogP contribution < -0.4 is 5.32 Å². The number of halogens is 2. The highest BCUT2D eigenvalue weighted by molar-refractivity contribution is 4.54. The minimum absolute atomic E-state index is 0.119. The maximum atomic E-state index is 11.8. The van der Waals surface area contributed by atoms with Crippen LogP contribution in [0.1, 0.15) is 13.3 Å². The average molecular weight is 180 g/mol. The first kappa shape index (κ1) is 11.8. The molecular formula is C8H18F2N2. The summed E-state index contributed by atoms with van der Waals surface area (Å²) in [5, 5.41) is 3.14. The van der Waals surface area contributed by atoms with E-state index in [4.69, 9.17) is 0 Å². The Kier molecular flexibility index (Phi) is 7.29. The van der Waals surface area contributed by atoms with Crippen LogP contribution in [0.15, 0.2) is 0 Å². The lowest BCUT2D eigenvalue weighted by atomic mass is 10.4. The molecule has 0 fully saturated rings. The van der Waals surface area contributed by atoms with E-state index in [-0.39, 0.29) is 6.54 Å². The molecular weight excluding hydrogens is 162 g/mol. The molecule has 0 aromatic rings. The first-order valence-corrected chi connectivity index (χ1v) is 4.34. The highest BCUT2D eigenvalue weighted by atomic mass is 19.3. The molecule has 0 bridgehead atoms. The van der Waals surface area contributed by atoms with Crippen LogP contribution in [0.4, 0.5) is 8.78 Å². The standard InChI is InChI=1S/C8H18F2N2/c1-3-11-5-4-6-12(2)7-8(9)10/h8,11H,3-7H2,1-2H3. The third-order valence-electron chi connectivity index (χ3n) is 1.59. The van der Waals surface area contributed by atoms with Gasteiger partial charge in [0.05, 0.1) is 6.54 Å². The Hall–Kier alpha value is -0.220. The third kappa shape index (κ3) is 7.88. The summed E-state index contributed by atoms with van der Waals surface area (Å²) in [4.78, 5) is 1.65. The van der Waals surface area contributed by atoms with Gasteiger partial charge < -0.3 is 10.2 Å². The van der Waals surface area contributed by atoms with E-state index in [1.54, 1.807) is 11.9 Å². The van der Waals surface area contributed by atoms with Gasteiger partial charge in [0.15, 0.2) is 0 Å². The topological polar surface area (TPSA) is 15.3 Å². The highest BCUT2D eigenvalue weighted by Crippen LogP contribution is 1.95. The summed E-state index contributed by atoms with van der Waals surface area (Å²) < 4.78 is 23.6. The van der Waals surface area contributed by atoms with Gasteiger partial charge in [0, 0.05) is 0 Å². The van der Waals surface area contributed by atoms with E-state index in [0.29, 0.717) is 0 Å². The maximum Gasteiger partial charge on any atom is 0.251 e. The van der Waals surface area contributed by atoms with Gasteiger partial charge in [-0.2, -0.15) is 0 Å². The number of rotatable bonds is 7. The first-order chi connectivity index (χ1) is 5.66. The molecule has 0 atom stereocenters. The highest BCUT2D eigenvalue weighted by Gasteiger charge is 2.06. The van der Waals surface area contributed by atoms with Crippen molar-refractivity contribution in [3.05, 3.63) is 0 Å². The van der Waals surface area contributed by atoms with E-state index >= 15 is 0 Å². The van der Waals surface area contributed by atoms with Crippen molar-refractivity contribution in [1.29, 1.82) is 0 Å². The summed E-state index contributed by atoms with van der Waals surface area (Å²) in [7, 11) is 1.72. The molecule has 0 radical (unpaired) electrons. The SMILES string of the molecule is CCNCCCN(C)CC(F)F. The number of alkyl halides is 2. The predicted octanol–water partition coefficient (Wildman–Crippen LogP) is 1.18. The molecule has 0 saturated carbocycles. The van der Waals surface area contributed by atoms with Crippen LogP contribution in [0.5, 0.6) is 0 Å². The lowest BCUT2D eigenvalue weighted by Crippen LogP contribution is -2.28. The molecule has 0 rings (SSSR count). The molecule has 0 heterocycles. The van der Waals surface area contributed by atoms with Gasteiger partial charge in [-0.1, -0.05) is 6.92 Å². The molecule has 0 saturated heterocycles. The summed E-state index contributed by atoms with van der Waals surface area (Å²) in [6.45, 7) is 4.50. The minimum atomic E-state index is -2.21. The Labute approximate surface area is 72.9 Å². The Morgan fingerprint density at radius 1 is 1.42 bits per heavy atom. The maximum absolute atomic E-state index is 11.8. The molecule has 0 aliphatic carbocycles. The molecule has 0 aromatic carbocycles. The van der Waals surface area contributed by atoms with Crippen molar-refractivity contribution >= 4 is 0 Å². The van der Waals surface area contributed by atoms with Crippen molar-refractivity contribution < 1.29 is 8.78 Å². The molecule has 1 N–H and O–H groups in total. The second-order valence-electron chi connectivity index (χ2n) is 2.86.